The minimum atomic E-state index is -3.97. The predicted octanol–water partition coefficient (Wildman–Crippen LogP) is 4.60. The molecule has 3 saturated carbocycles. The van der Waals surface area contributed by atoms with Gasteiger partial charge in [0.15, 0.2) is 11.5 Å². The number of pyridine rings is 1. The number of rotatable bonds is 16. The second-order valence-corrected chi connectivity index (χ2v) is 20.0. The first-order valence-corrected chi connectivity index (χ1v) is 21.9. The molecule has 15 nitrogen and oxygen atoms in total. The van der Waals surface area contributed by atoms with Crippen LogP contribution in [0.25, 0.3) is 10.8 Å². The summed E-state index contributed by atoms with van der Waals surface area (Å²) >= 11 is 0. The summed E-state index contributed by atoms with van der Waals surface area (Å²) in [5.41, 5.74) is -1.53. The lowest BCUT2D eigenvalue weighted by Gasteiger charge is -2.33. The summed E-state index contributed by atoms with van der Waals surface area (Å²) in [6.45, 7) is 12.6. The molecule has 0 spiro atoms. The zero-order chi connectivity index (χ0) is 40.9. The lowest BCUT2D eigenvalue weighted by atomic mass is 9.88. The van der Waals surface area contributed by atoms with Gasteiger partial charge in [-0.2, -0.15) is 0 Å². The van der Waals surface area contributed by atoms with E-state index in [0.29, 0.717) is 49.4 Å². The normalized spacial score (nSPS) is 26.7. The Balaban J connectivity index is 1.16. The van der Waals surface area contributed by atoms with Crippen LogP contribution in [-0.4, -0.2) is 97.0 Å². The van der Waals surface area contributed by atoms with Crippen molar-refractivity contribution in [2.24, 2.45) is 23.2 Å². The average molecular weight is 812 g/mol. The molecule has 4 amide bonds. The van der Waals surface area contributed by atoms with E-state index in [-0.39, 0.29) is 55.0 Å². The molecule has 2 aromatic rings. The minimum Gasteiger partial charge on any atom is -0.486 e. The summed E-state index contributed by atoms with van der Waals surface area (Å²) in [5, 5.41) is 7.12. The number of carbonyl (C=O) groups excluding carboxylic acids is 4. The van der Waals surface area contributed by atoms with Gasteiger partial charge in [0.2, 0.25) is 27.7 Å². The van der Waals surface area contributed by atoms with Crippen LogP contribution in [0.3, 0.4) is 0 Å². The van der Waals surface area contributed by atoms with E-state index in [1.165, 1.54) is 4.90 Å². The fraction of sp³-hybridized carbons (Fsp3) is 0.683. The lowest BCUT2D eigenvalue weighted by molar-refractivity contribution is -0.142. The van der Waals surface area contributed by atoms with Gasteiger partial charge in [0.05, 0.1) is 17.9 Å². The number of nitrogens with zero attached hydrogens (tertiary/aromatic N) is 2. The number of aromatic nitrogens is 1. The van der Waals surface area contributed by atoms with E-state index >= 15 is 0 Å². The molecule has 7 atom stereocenters. The number of ether oxygens (including phenoxy) is 4. The highest BCUT2D eigenvalue weighted by atomic mass is 32.2. The number of hydrogen-bond acceptors (Lipinski definition) is 11. The average Bonchev–Trinajstić information content (AvgIpc) is 4.14. The summed E-state index contributed by atoms with van der Waals surface area (Å²) in [7, 11) is -3.97. The van der Waals surface area contributed by atoms with E-state index < -0.39 is 62.3 Å². The molecule has 16 heteroatoms. The number of nitrogens with one attached hydrogen (secondary N) is 3. The molecule has 3 N–H and O–H groups in total. The summed E-state index contributed by atoms with van der Waals surface area (Å²) in [6, 6.07) is 3.27. The molecule has 3 aliphatic carbocycles. The number of amides is 4. The number of carbonyl (C=O) groups is 4. The first-order chi connectivity index (χ1) is 27.0. The molecular formula is C41H57N5O10S. The Bertz CT molecular complexity index is 2020. The van der Waals surface area contributed by atoms with Crippen LogP contribution in [0.5, 0.6) is 17.4 Å². The van der Waals surface area contributed by atoms with Crippen molar-refractivity contribution in [2.75, 3.05) is 26.4 Å². The van der Waals surface area contributed by atoms with Crippen LogP contribution in [0.1, 0.15) is 99.3 Å². The Morgan fingerprint density at radius 2 is 1.75 bits per heavy atom. The van der Waals surface area contributed by atoms with Crippen molar-refractivity contribution in [3.05, 3.63) is 24.4 Å². The summed E-state index contributed by atoms with van der Waals surface area (Å²) in [4.78, 5) is 62.2. The molecule has 1 aromatic carbocycles. The Kier molecular flexibility index (Phi) is 11.1. The van der Waals surface area contributed by atoms with E-state index in [1.54, 1.807) is 32.2 Å². The highest BCUT2D eigenvalue weighted by molar-refractivity contribution is 7.91. The number of likely N-dealkylation sites (tertiary alicyclic amines) is 1. The molecular weight excluding hydrogens is 755 g/mol. The molecule has 3 heterocycles. The Labute approximate surface area is 334 Å². The third kappa shape index (κ3) is 8.47. The minimum absolute atomic E-state index is 0.0243. The van der Waals surface area contributed by atoms with Crippen molar-refractivity contribution in [1.29, 1.82) is 0 Å². The fourth-order valence-corrected chi connectivity index (χ4v) is 9.51. The smallest absolute Gasteiger partial charge is 0.407 e. The van der Waals surface area contributed by atoms with E-state index in [4.69, 9.17) is 18.9 Å². The van der Waals surface area contributed by atoms with Crippen LogP contribution in [-0.2, 0) is 29.1 Å². The largest absolute Gasteiger partial charge is 0.486 e. The van der Waals surface area contributed by atoms with Gasteiger partial charge in [0.1, 0.15) is 36.9 Å². The molecule has 312 valence electrons. The molecule has 1 aromatic heterocycles. The van der Waals surface area contributed by atoms with Gasteiger partial charge in [-0.15, -0.1) is 0 Å². The third-order valence-electron chi connectivity index (χ3n) is 12.7. The molecule has 1 saturated heterocycles. The summed E-state index contributed by atoms with van der Waals surface area (Å²) in [6.07, 6.45) is 5.78. The second kappa shape index (κ2) is 15.4. The number of benzene rings is 1. The van der Waals surface area contributed by atoms with Crippen molar-refractivity contribution in [3.63, 3.8) is 0 Å². The molecule has 57 heavy (non-hydrogen) atoms. The van der Waals surface area contributed by atoms with Crippen molar-refractivity contribution in [3.8, 4) is 17.4 Å². The van der Waals surface area contributed by atoms with Crippen LogP contribution < -0.4 is 29.6 Å². The number of sulfonamides is 1. The topological polar surface area (TPSA) is 192 Å². The molecule has 4 fully saturated rings. The van der Waals surface area contributed by atoms with Crippen molar-refractivity contribution in [1.82, 2.24) is 25.2 Å². The van der Waals surface area contributed by atoms with Gasteiger partial charge in [-0.05, 0) is 81.4 Å². The highest BCUT2D eigenvalue weighted by Gasteiger charge is 2.62. The lowest BCUT2D eigenvalue weighted by Crippen LogP contribution is -2.59. The Morgan fingerprint density at radius 1 is 1.04 bits per heavy atom. The standard InChI is InChI=1S/C41H57N5O10S/c1-7-8-24(2)19-25(3)32(43-38(50)55-23-39(5)12-13-39)36(48)46-22-27(56-35-29-9-10-31-33(54-18-17-53-31)28(29)11-16-42-35)20-30(46)34(47)44-41(21-26(41)4)37(49)45-57(51,52)40(6)14-15-40/h9-11,16,24-27,30,32H,7-8,12-15,17-23H2,1-6H3,(H,43,50)(H,44,47)(H,45,49). The van der Waals surface area contributed by atoms with Gasteiger partial charge in [-0.25, -0.2) is 18.2 Å². The zero-order valence-electron chi connectivity index (χ0n) is 33.9. The van der Waals surface area contributed by atoms with Crippen molar-refractivity contribution in [2.45, 2.75) is 128 Å². The first-order valence-electron chi connectivity index (χ1n) is 20.4. The van der Waals surface area contributed by atoms with Crippen LogP contribution in [0.2, 0.25) is 0 Å². The maximum absolute atomic E-state index is 14.9. The number of alkyl carbamates (subject to hydrolysis) is 1. The van der Waals surface area contributed by atoms with Crippen molar-refractivity contribution >= 4 is 44.6 Å². The van der Waals surface area contributed by atoms with Gasteiger partial charge in [0, 0.05) is 28.8 Å². The quantitative estimate of drug-likeness (QED) is 0.215. The van der Waals surface area contributed by atoms with Crippen LogP contribution >= 0.6 is 0 Å². The van der Waals surface area contributed by atoms with E-state index in [1.807, 2.05) is 19.9 Å². The second-order valence-electron chi connectivity index (χ2n) is 17.8. The molecule has 0 radical (unpaired) electrons. The summed E-state index contributed by atoms with van der Waals surface area (Å²) < 4.78 is 51.1. The van der Waals surface area contributed by atoms with Crippen LogP contribution in [0.4, 0.5) is 4.79 Å². The number of hydrogen-bond donors (Lipinski definition) is 3. The van der Waals surface area contributed by atoms with Crippen molar-refractivity contribution < 1.29 is 46.5 Å². The third-order valence-corrected chi connectivity index (χ3v) is 14.9. The SMILES string of the molecule is CCCC(C)CC(C)C(NC(=O)OCC1(C)CC1)C(=O)N1CC(Oc2nccc3c4c(ccc23)OCCO4)CC1C(=O)NC1(C(=O)NS(=O)(=O)C2(C)CC2)CC1C. The van der Waals surface area contributed by atoms with E-state index in [2.05, 4.69) is 34.2 Å². The Morgan fingerprint density at radius 3 is 2.42 bits per heavy atom. The summed E-state index contributed by atoms with van der Waals surface area (Å²) in [5.74, 6) is -0.842. The molecule has 7 rings (SSSR count). The van der Waals surface area contributed by atoms with Crippen LogP contribution in [0.15, 0.2) is 24.4 Å². The molecule has 5 aliphatic rings. The van der Waals surface area contributed by atoms with Gasteiger partial charge in [0.25, 0.3) is 5.91 Å². The van der Waals surface area contributed by atoms with E-state index in [0.717, 1.165) is 31.1 Å². The van der Waals surface area contributed by atoms with Gasteiger partial charge < -0.3 is 34.5 Å². The maximum Gasteiger partial charge on any atom is 0.407 e. The molecule has 0 bridgehead atoms. The van der Waals surface area contributed by atoms with Gasteiger partial charge in [-0.3, -0.25) is 19.1 Å². The molecule has 7 unspecified atom stereocenters. The monoisotopic (exact) mass is 811 g/mol. The Hall–Kier alpha value is -4.34. The maximum atomic E-state index is 14.9. The number of fused-ring (bicyclic) bond motifs is 3. The first kappa shape index (κ1) is 40.8. The fourth-order valence-electron chi connectivity index (χ4n) is 8.19. The predicted molar refractivity (Wildman–Crippen MR) is 210 cm³/mol. The van der Waals surface area contributed by atoms with Gasteiger partial charge >= 0.3 is 6.09 Å². The highest BCUT2D eigenvalue weighted by Crippen LogP contribution is 2.47. The van der Waals surface area contributed by atoms with Crippen LogP contribution in [0, 0.1) is 23.2 Å². The van der Waals surface area contributed by atoms with Gasteiger partial charge in [-0.1, -0.05) is 47.5 Å². The molecule has 2 aliphatic heterocycles. The zero-order valence-corrected chi connectivity index (χ0v) is 34.7. The van der Waals surface area contributed by atoms with E-state index in [9.17, 15) is 27.6 Å².